The average Bonchev–Trinajstić information content (AvgIpc) is 2.88. The molecule has 1 aliphatic heterocycles. The molecule has 196 valence electrons. The van der Waals surface area contributed by atoms with E-state index in [1.807, 2.05) is 19.9 Å². The van der Waals surface area contributed by atoms with Crippen molar-refractivity contribution >= 4 is 23.6 Å². The number of aromatic hydroxyl groups is 1. The number of rotatable bonds is 12. The van der Waals surface area contributed by atoms with Gasteiger partial charge in [0.05, 0.1) is 6.57 Å². The molecule has 1 aliphatic rings. The van der Waals surface area contributed by atoms with Gasteiger partial charge in [-0.2, -0.15) is 5.26 Å². The summed E-state index contributed by atoms with van der Waals surface area (Å²) in [6, 6.07) is 1.92. The van der Waals surface area contributed by atoms with Gasteiger partial charge in [-0.25, -0.2) is 4.85 Å². The van der Waals surface area contributed by atoms with Gasteiger partial charge in [-0.3, -0.25) is 23.9 Å². The van der Waals surface area contributed by atoms with Crippen LogP contribution in [0.5, 0.6) is 5.88 Å². The monoisotopic (exact) mass is 504 g/mol. The van der Waals surface area contributed by atoms with E-state index in [1.54, 1.807) is 19.1 Å². The van der Waals surface area contributed by atoms with E-state index < -0.39 is 11.8 Å². The highest BCUT2D eigenvalue weighted by molar-refractivity contribution is 6.18. The summed E-state index contributed by atoms with van der Waals surface area (Å²) in [7, 11) is 0. The number of nitriles is 1. The molecule has 0 fully saturated rings. The SMILES string of the molecule is [C-]#[N+]c1c(CCCCC)c(C=CC=C2C(=O)N(CCCC)C(=O)C(C#N)=C2C)c(=O)n(CCCC)c1O. The molecule has 0 bridgehead atoms. The second kappa shape index (κ2) is 14.0. The highest BCUT2D eigenvalue weighted by atomic mass is 16.3. The van der Waals surface area contributed by atoms with E-state index in [-0.39, 0.29) is 34.8 Å². The molecular weight excluding hydrogens is 468 g/mol. The summed E-state index contributed by atoms with van der Waals surface area (Å²) < 4.78 is 1.24. The third-order valence-corrected chi connectivity index (χ3v) is 6.52. The van der Waals surface area contributed by atoms with Crippen LogP contribution >= 0.6 is 0 Å². The molecule has 8 heteroatoms. The van der Waals surface area contributed by atoms with Crippen molar-refractivity contribution in [2.45, 2.75) is 85.6 Å². The van der Waals surface area contributed by atoms with Crippen molar-refractivity contribution in [1.82, 2.24) is 9.47 Å². The van der Waals surface area contributed by atoms with E-state index in [2.05, 4.69) is 11.8 Å². The van der Waals surface area contributed by atoms with Gasteiger partial charge in [-0.05, 0) is 43.4 Å². The first kappa shape index (κ1) is 29.3. The van der Waals surface area contributed by atoms with Crippen molar-refractivity contribution in [2.75, 3.05) is 6.54 Å². The number of pyridine rings is 1. The minimum Gasteiger partial charge on any atom is -0.503 e. The maximum Gasteiger partial charge on any atom is 0.271 e. The van der Waals surface area contributed by atoms with Crippen LogP contribution in [0.1, 0.15) is 83.8 Å². The van der Waals surface area contributed by atoms with Crippen LogP contribution in [0.15, 0.2) is 33.7 Å². The van der Waals surface area contributed by atoms with Crippen molar-refractivity contribution in [1.29, 1.82) is 5.26 Å². The lowest BCUT2D eigenvalue weighted by atomic mass is 9.94. The molecule has 1 aromatic heterocycles. The Bertz CT molecular complexity index is 1270. The quantitative estimate of drug-likeness (QED) is 0.173. The van der Waals surface area contributed by atoms with E-state index in [4.69, 9.17) is 6.57 Å². The van der Waals surface area contributed by atoms with E-state index >= 15 is 0 Å². The van der Waals surface area contributed by atoms with E-state index in [9.17, 15) is 24.8 Å². The van der Waals surface area contributed by atoms with Gasteiger partial charge in [0.1, 0.15) is 11.6 Å². The number of carbonyl (C=O) groups is 2. The van der Waals surface area contributed by atoms with Crippen molar-refractivity contribution in [3.8, 4) is 11.9 Å². The number of amides is 2. The van der Waals surface area contributed by atoms with Crippen molar-refractivity contribution in [2.24, 2.45) is 0 Å². The van der Waals surface area contributed by atoms with E-state index in [0.29, 0.717) is 42.5 Å². The normalized spacial score (nSPS) is 15.1. The molecule has 0 atom stereocenters. The second-order valence-electron chi connectivity index (χ2n) is 9.11. The van der Waals surface area contributed by atoms with Crippen LogP contribution in [-0.4, -0.2) is 32.9 Å². The van der Waals surface area contributed by atoms with Gasteiger partial charge in [-0.15, -0.1) is 0 Å². The topological polar surface area (TPSA) is 108 Å². The summed E-state index contributed by atoms with van der Waals surface area (Å²) in [5, 5.41) is 20.3. The number of aromatic nitrogens is 1. The summed E-state index contributed by atoms with van der Waals surface area (Å²) in [5.74, 6) is -1.37. The zero-order valence-electron chi connectivity index (χ0n) is 22.3. The summed E-state index contributed by atoms with van der Waals surface area (Å²) in [6.45, 7) is 15.7. The molecular formula is C29H36N4O4. The molecule has 0 aliphatic carbocycles. The predicted octanol–water partition coefficient (Wildman–Crippen LogP) is 5.59. The van der Waals surface area contributed by atoms with Crippen molar-refractivity contribution < 1.29 is 14.7 Å². The minimum atomic E-state index is -0.586. The number of hydrogen-bond donors (Lipinski definition) is 1. The highest BCUT2D eigenvalue weighted by Gasteiger charge is 2.34. The zero-order chi connectivity index (χ0) is 27.5. The Balaban J connectivity index is 2.65. The minimum absolute atomic E-state index is 0.0718. The molecule has 1 aromatic rings. The molecule has 8 nitrogen and oxygen atoms in total. The molecule has 37 heavy (non-hydrogen) atoms. The van der Waals surface area contributed by atoms with Gasteiger partial charge in [0.25, 0.3) is 17.4 Å². The van der Waals surface area contributed by atoms with Crippen LogP contribution in [0.25, 0.3) is 10.9 Å². The highest BCUT2D eigenvalue weighted by Crippen LogP contribution is 2.34. The fraction of sp³-hybridized carbons (Fsp3) is 0.483. The molecule has 2 rings (SSSR count). The van der Waals surface area contributed by atoms with Crippen LogP contribution in [0.3, 0.4) is 0 Å². The Kier molecular flexibility index (Phi) is 11.1. The molecule has 1 N–H and O–H groups in total. The first-order valence-electron chi connectivity index (χ1n) is 13.0. The Morgan fingerprint density at radius 2 is 1.65 bits per heavy atom. The van der Waals surface area contributed by atoms with Gasteiger partial charge in [0, 0.05) is 24.2 Å². The summed E-state index contributed by atoms with van der Waals surface area (Å²) in [5.41, 5.74) is 0.923. The molecule has 2 amide bonds. The smallest absolute Gasteiger partial charge is 0.271 e. The van der Waals surface area contributed by atoms with Gasteiger partial charge >= 0.3 is 0 Å². The molecule has 0 saturated carbocycles. The van der Waals surface area contributed by atoms with Crippen LogP contribution in [0, 0.1) is 17.9 Å². The number of unbranched alkanes of at least 4 members (excludes halogenated alkanes) is 4. The van der Waals surface area contributed by atoms with Crippen LogP contribution < -0.4 is 5.56 Å². The zero-order valence-corrected chi connectivity index (χ0v) is 22.3. The van der Waals surface area contributed by atoms with Gasteiger partial charge in [-0.1, -0.05) is 65.0 Å². The number of imide groups is 1. The maximum absolute atomic E-state index is 13.4. The first-order chi connectivity index (χ1) is 17.8. The van der Waals surface area contributed by atoms with Crippen LogP contribution in [0.2, 0.25) is 0 Å². The lowest BCUT2D eigenvalue weighted by molar-refractivity contribution is -0.140. The number of allylic oxidation sites excluding steroid dienone is 2. The first-order valence-corrected chi connectivity index (χ1v) is 13.0. The molecule has 0 radical (unpaired) electrons. The average molecular weight is 505 g/mol. The molecule has 2 heterocycles. The van der Waals surface area contributed by atoms with Gasteiger partial charge in [0.2, 0.25) is 5.69 Å². The third kappa shape index (κ3) is 6.46. The standard InChI is InChI=1S/C29H36N4O4/c1-6-9-12-14-22-23(27(35)33(18-11-8-3)29(37)25(22)31-5)16-13-15-21-20(4)24(19-30)28(36)32(26(21)34)17-10-7-2/h13,15-16,37H,6-12,14,17-18H2,1-4H3. The van der Waals surface area contributed by atoms with Gasteiger partial charge in [0.15, 0.2) is 5.88 Å². The Morgan fingerprint density at radius 3 is 2.24 bits per heavy atom. The van der Waals surface area contributed by atoms with Crippen LogP contribution in [0.4, 0.5) is 5.69 Å². The fourth-order valence-electron chi connectivity index (χ4n) is 4.29. The summed E-state index contributed by atoms with van der Waals surface area (Å²) >= 11 is 0. The molecule has 0 aromatic carbocycles. The lowest BCUT2D eigenvalue weighted by Gasteiger charge is -2.27. The largest absolute Gasteiger partial charge is 0.503 e. The summed E-state index contributed by atoms with van der Waals surface area (Å²) in [4.78, 5) is 43.8. The fourth-order valence-corrected chi connectivity index (χ4v) is 4.29. The lowest BCUT2D eigenvalue weighted by Crippen LogP contribution is -2.43. The Hall–Kier alpha value is -3.91. The van der Waals surface area contributed by atoms with Crippen molar-refractivity contribution in [3.63, 3.8) is 0 Å². The third-order valence-electron chi connectivity index (χ3n) is 6.52. The summed E-state index contributed by atoms with van der Waals surface area (Å²) in [6.07, 6.45) is 10.6. The molecule has 0 spiro atoms. The van der Waals surface area contributed by atoms with Crippen LogP contribution in [-0.2, 0) is 22.6 Å². The number of carbonyl (C=O) groups excluding carboxylic acids is 2. The van der Waals surface area contributed by atoms with Crippen molar-refractivity contribution in [3.05, 3.63) is 61.8 Å². The van der Waals surface area contributed by atoms with E-state index in [0.717, 1.165) is 37.0 Å². The van der Waals surface area contributed by atoms with Gasteiger partial charge < -0.3 is 5.11 Å². The predicted molar refractivity (Wildman–Crippen MR) is 144 cm³/mol. The molecule has 0 saturated heterocycles. The number of hydrogen-bond acceptors (Lipinski definition) is 5. The number of nitrogens with zero attached hydrogens (tertiary/aromatic N) is 4. The second-order valence-corrected chi connectivity index (χ2v) is 9.11. The Morgan fingerprint density at radius 1 is 1.00 bits per heavy atom. The maximum atomic E-state index is 13.4. The molecule has 0 unspecified atom stereocenters. The van der Waals surface area contributed by atoms with E-state index in [1.165, 1.54) is 10.6 Å². The Labute approximate surface area is 219 Å².